The predicted molar refractivity (Wildman–Crippen MR) is 94.8 cm³/mol. The standard InChI is InChI=1S/C19H17FN4O/c1-23-15-9-5-6-13(20)12(15)10-17(23)19(25)21-11-18-22-14-7-3-4-8-16(14)24(18)2/h3-10H,11H2,1-2H3,(H,21,25). The van der Waals surface area contributed by atoms with E-state index in [1.807, 2.05) is 35.9 Å². The van der Waals surface area contributed by atoms with Crippen molar-refractivity contribution in [3.05, 3.63) is 65.9 Å². The molecule has 25 heavy (non-hydrogen) atoms. The summed E-state index contributed by atoms with van der Waals surface area (Å²) in [4.78, 5) is 17.1. The van der Waals surface area contributed by atoms with Crippen LogP contribution >= 0.6 is 0 Å². The fraction of sp³-hybridized carbons (Fsp3) is 0.158. The number of carbonyl (C=O) groups excluding carboxylic acids is 1. The number of hydrogen-bond acceptors (Lipinski definition) is 2. The molecule has 2 heterocycles. The van der Waals surface area contributed by atoms with E-state index >= 15 is 0 Å². The second kappa shape index (κ2) is 5.73. The molecule has 0 unspecified atom stereocenters. The summed E-state index contributed by atoms with van der Waals surface area (Å²) in [6.07, 6.45) is 0. The molecule has 0 saturated heterocycles. The third-order valence-corrected chi connectivity index (χ3v) is 4.55. The summed E-state index contributed by atoms with van der Waals surface area (Å²) < 4.78 is 17.6. The quantitative estimate of drug-likeness (QED) is 0.625. The summed E-state index contributed by atoms with van der Waals surface area (Å²) in [5.41, 5.74) is 3.01. The molecule has 2 aromatic carbocycles. The highest BCUT2D eigenvalue weighted by Crippen LogP contribution is 2.21. The molecule has 5 nitrogen and oxygen atoms in total. The van der Waals surface area contributed by atoms with Gasteiger partial charge in [-0.15, -0.1) is 0 Å². The average Bonchev–Trinajstić information content (AvgIpc) is 3.12. The number of imidazole rings is 1. The van der Waals surface area contributed by atoms with E-state index in [0.29, 0.717) is 23.1 Å². The number of rotatable bonds is 3. The third-order valence-electron chi connectivity index (χ3n) is 4.55. The maximum Gasteiger partial charge on any atom is 0.268 e. The molecule has 0 aliphatic carbocycles. The van der Waals surface area contributed by atoms with Crippen molar-refractivity contribution in [1.29, 1.82) is 0 Å². The van der Waals surface area contributed by atoms with Crippen LogP contribution < -0.4 is 5.32 Å². The molecule has 0 atom stereocenters. The molecule has 0 aliphatic heterocycles. The number of aryl methyl sites for hydroxylation is 2. The lowest BCUT2D eigenvalue weighted by Crippen LogP contribution is -2.26. The summed E-state index contributed by atoms with van der Waals surface area (Å²) in [6, 6.07) is 14.2. The first-order valence-corrected chi connectivity index (χ1v) is 7.98. The molecule has 0 aliphatic rings. The van der Waals surface area contributed by atoms with Crippen molar-refractivity contribution in [1.82, 2.24) is 19.4 Å². The van der Waals surface area contributed by atoms with E-state index in [1.54, 1.807) is 29.8 Å². The first kappa shape index (κ1) is 15.4. The van der Waals surface area contributed by atoms with Gasteiger partial charge in [0.1, 0.15) is 17.3 Å². The second-order valence-electron chi connectivity index (χ2n) is 6.02. The Morgan fingerprint density at radius 3 is 2.60 bits per heavy atom. The second-order valence-corrected chi connectivity index (χ2v) is 6.02. The van der Waals surface area contributed by atoms with Crippen LogP contribution in [0.3, 0.4) is 0 Å². The van der Waals surface area contributed by atoms with Gasteiger partial charge in [-0.25, -0.2) is 9.37 Å². The van der Waals surface area contributed by atoms with Crippen molar-refractivity contribution in [3.8, 4) is 0 Å². The molecule has 0 bridgehead atoms. The molecule has 1 N–H and O–H groups in total. The summed E-state index contributed by atoms with van der Waals surface area (Å²) in [7, 11) is 3.68. The van der Waals surface area contributed by atoms with Crippen molar-refractivity contribution in [2.45, 2.75) is 6.54 Å². The monoisotopic (exact) mass is 336 g/mol. The van der Waals surface area contributed by atoms with Crippen LogP contribution in [0.2, 0.25) is 0 Å². The molecule has 6 heteroatoms. The Balaban J connectivity index is 1.61. The number of nitrogens with one attached hydrogen (secondary N) is 1. The normalized spacial score (nSPS) is 11.3. The zero-order valence-corrected chi connectivity index (χ0v) is 14.0. The van der Waals surface area contributed by atoms with Crippen LogP contribution in [0.4, 0.5) is 4.39 Å². The molecule has 0 radical (unpaired) electrons. The molecule has 1 amide bonds. The number of aromatic nitrogens is 3. The van der Waals surface area contributed by atoms with E-state index < -0.39 is 0 Å². The zero-order valence-electron chi connectivity index (χ0n) is 14.0. The lowest BCUT2D eigenvalue weighted by atomic mass is 10.2. The molecule has 4 aromatic rings. The minimum atomic E-state index is -0.331. The van der Waals surface area contributed by atoms with Crippen LogP contribution in [0.1, 0.15) is 16.3 Å². The van der Waals surface area contributed by atoms with Crippen LogP contribution in [0.25, 0.3) is 21.9 Å². The number of para-hydroxylation sites is 2. The van der Waals surface area contributed by atoms with Gasteiger partial charge in [0.05, 0.1) is 23.1 Å². The summed E-state index contributed by atoms with van der Waals surface area (Å²) in [5, 5.41) is 3.32. The Morgan fingerprint density at radius 2 is 1.84 bits per heavy atom. The largest absolute Gasteiger partial charge is 0.344 e. The first-order valence-electron chi connectivity index (χ1n) is 7.98. The Morgan fingerprint density at radius 1 is 1.08 bits per heavy atom. The van der Waals surface area contributed by atoms with Crippen molar-refractivity contribution in [2.75, 3.05) is 0 Å². The van der Waals surface area contributed by atoms with Gasteiger partial charge in [0, 0.05) is 19.5 Å². The van der Waals surface area contributed by atoms with Gasteiger partial charge in [-0.2, -0.15) is 0 Å². The average molecular weight is 336 g/mol. The molecular weight excluding hydrogens is 319 g/mol. The van der Waals surface area contributed by atoms with Crippen LogP contribution in [-0.4, -0.2) is 20.0 Å². The topological polar surface area (TPSA) is 51.9 Å². The number of fused-ring (bicyclic) bond motifs is 2. The molecule has 0 spiro atoms. The minimum Gasteiger partial charge on any atom is -0.344 e. The Kier molecular flexibility index (Phi) is 3.53. The fourth-order valence-corrected chi connectivity index (χ4v) is 3.15. The SMILES string of the molecule is Cn1c(CNC(=O)c2cc3c(F)cccc3n2C)nc2ccccc21. The fourth-order valence-electron chi connectivity index (χ4n) is 3.15. The highest BCUT2D eigenvalue weighted by Gasteiger charge is 2.16. The Bertz CT molecular complexity index is 1110. The molecule has 0 saturated carbocycles. The third kappa shape index (κ3) is 2.46. The summed E-state index contributed by atoms with van der Waals surface area (Å²) >= 11 is 0. The molecule has 2 aromatic heterocycles. The maximum absolute atomic E-state index is 13.9. The van der Waals surface area contributed by atoms with E-state index in [0.717, 1.165) is 16.9 Å². The molecule has 4 rings (SSSR count). The molecule has 126 valence electrons. The highest BCUT2D eigenvalue weighted by molar-refractivity contribution is 5.98. The van der Waals surface area contributed by atoms with E-state index in [2.05, 4.69) is 10.3 Å². The number of halogens is 1. The highest BCUT2D eigenvalue weighted by atomic mass is 19.1. The summed E-state index contributed by atoms with van der Waals surface area (Å²) in [5.74, 6) is 0.173. The van der Waals surface area contributed by atoms with Crippen molar-refractivity contribution >= 4 is 27.8 Å². The van der Waals surface area contributed by atoms with E-state index in [4.69, 9.17) is 0 Å². The van der Waals surface area contributed by atoms with Gasteiger partial charge in [-0.3, -0.25) is 4.79 Å². The van der Waals surface area contributed by atoms with E-state index in [1.165, 1.54) is 6.07 Å². The molecular formula is C19H17FN4O. The van der Waals surface area contributed by atoms with Gasteiger partial charge >= 0.3 is 0 Å². The van der Waals surface area contributed by atoms with Crippen LogP contribution in [0.15, 0.2) is 48.5 Å². The lowest BCUT2D eigenvalue weighted by molar-refractivity contribution is 0.0942. The van der Waals surface area contributed by atoms with Gasteiger partial charge in [0.25, 0.3) is 5.91 Å². The van der Waals surface area contributed by atoms with Crippen molar-refractivity contribution < 1.29 is 9.18 Å². The van der Waals surface area contributed by atoms with Crippen molar-refractivity contribution in [3.63, 3.8) is 0 Å². The maximum atomic E-state index is 13.9. The number of nitrogens with zero attached hydrogens (tertiary/aromatic N) is 3. The van der Waals surface area contributed by atoms with Gasteiger partial charge < -0.3 is 14.5 Å². The van der Waals surface area contributed by atoms with Gasteiger partial charge in [0.15, 0.2) is 0 Å². The van der Waals surface area contributed by atoms with E-state index in [9.17, 15) is 9.18 Å². The lowest BCUT2D eigenvalue weighted by Gasteiger charge is -2.07. The van der Waals surface area contributed by atoms with E-state index in [-0.39, 0.29) is 11.7 Å². The molecule has 0 fully saturated rings. The van der Waals surface area contributed by atoms with Crippen LogP contribution in [0.5, 0.6) is 0 Å². The number of amides is 1. The van der Waals surface area contributed by atoms with Crippen molar-refractivity contribution in [2.24, 2.45) is 14.1 Å². The number of carbonyl (C=O) groups is 1. The van der Waals surface area contributed by atoms with Gasteiger partial charge in [0.2, 0.25) is 0 Å². The van der Waals surface area contributed by atoms with Gasteiger partial charge in [-0.05, 0) is 30.3 Å². The predicted octanol–water partition coefficient (Wildman–Crippen LogP) is 3.13. The number of benzene rings is 2. The van der Waals surface area contributed by atoms with Crippen LogP contribution in [-0.2, 0) is 20.6 Å². The Hall–Kier alpha value is -3.15. The van der Waals surface area contributed by atoms with Crippen LogP contribution in [0, 0.1) is 5.82 Å². The van der Waals surface area contributed by atoms with Gasteiger partial charge in [-0.1, -0.05) is 18.2 Å². The first-order chi connectivity index (χ1) is 12.1. The minimum absolute atomic E-state index is 0.259. The zero-order chi connectivity index (χ0) is 17.6. The summed E-state index contributed by atoms with van der Waals surface area (Å²) in [6.45, 7) is 0.300. The number of hydrogen-bond donors (Lipinski definition) is 1. The smallest absolute Gasteiger partial charge is 0.268 e. The Labute approximate surface area is 143 Å².